The number of hydrogen-bond donors (Lipinski definition) is 2. The molecular weight excluding hydrogens is 328 g/mol. The highest BCUT2D eigenvalue weighted by atomic mass is 32.1. The molecule has 0 aliphatic heterocycles. The first-order valence-corrected chi connectivity index (χ1v) is 9.03. The van der Waals surface area contributed by atoms with E-state index in [1.165, 1.54) is 5.56 Å². The van der Waals surface area contributed by atoms with Gasteiger partial charge >= 0.3 is 0 Å². The molecule has 0 fully saturated rings. The van der Waals surface area contributed by atoms with Gasteiger partial charge in [0.1, 0.15) is 5.75 Å². The van der Waals surface area contributed by atoms with Gasteiger partial charge in [0.25, 0.3) is 0 Å². The normalized spacial score (nSPS) is 12.2. The summed E-state index contributed by atoms with van der Waals surface area (Å²) in [6, 6.07) is 20.0. The summed E-state index contributed by atoms with van der Waals surface area (Å²) in [5, 5.41) is 19.1. The average molecular weight is 346 g/mol. The molecular formula is C21H18N2OS. The van der Waals surface area contributed by atoms with Gasteiger partial charge in [-0.2, -0.15) is 0 Å². The lowest BCUT2D eigenvalue weighted by atomic mass is 9.92. The van der Waals surface area contributed by atoms with Crippen LogP contribution in [0.4, 0.5) is 5.13 Å². The Balaban J connectivity index is 1.91. The first-order valence-electron chi connectivity index (χ1n) is 8.15. The molecule has 0 amide bonds. The minimum Gasteiger partial charge on any atom is -0.508 e. The van der Waals surface area contributed by atoms with Crippen LogP contribution in [0.1, 0.15) is 22.7 Å². The van der Waals surface area contributed by atoms with E-state index in [9.17, 15) is 5.11 Å². The Hall–Kier alpha value is -2.85. The molecule has 0 saturated heterocycles. The average Bonchev–Trinajstić information content (AvgIpc) is 3.14. The highest BCUT2D eigenvalue weighted by Crippen LogP contribution is 2.38. The molecule has 4 heteroatoms. The molecule has 2 N–H and O–H groups in total. The summed E-state index contributed by atoms with van der Waals surface area (Å²) in [7, 11) is 0. The number of thiazole rings is 1. The highest BCUT2D eigenvalue weighted by molar-refractivity contribution is 7.13. The van der Waals surface area contributed by atoms with Crippen LogP contribution in [0, 0.1) is 6.92 Å². The fourth-order valence-corrected chi connectivity index (χ4v) is 3.64. The number of aromatic hydroxyl groups is 1. The van der Waals surface area contributed by atoms with Gasteiger partial charge in [0.05, 0.1) is 6.04 Å². The topological polar surface area (TPSA) is 45.2 Å². The summed E-state index contributed by atoms with van der Waals surface area (Å²) in [5.74, 6) is 0.285. The van der Waals surface area contributed by atoms with Crippen LogP contribution in [0.3, 0.4) is 0 Å². The number of hydrogen-bond acceptors (Lipinski definition) is 4. The third-order valence-electron chi connectivity index (χ3n) is 4.35. The van der Waals surface area contributed by atoms with Crippen molar-refractivity contribution in [2.45, 2.75) is 13.0 Å². The summed E-state index contributed by atoms with van der Waals surface area (Å²) in [5.41, 5.74) is 3.17. The minimum atomic E-state index is -0.183. The molecule has 4 rings (SSSR count). The maximum atomic E-state index is 10.7. The second kappa shape index (κ2) is 6.57. The maximum absolute atomic E-state index is 10.7. The Bertz CT molecular complexity index is 994. The zero-order valence-corrected chi connectivity index (χ0v) is 14.6. The second-order valence-corrected chi connectivity index (χ2v) is 6.94. The van der Waals surface area contributed by atoms with E-state index >= 15 is 0 Å². The van der Waals surface area contributed by atoms with Crippen LogP contribution >= 0.6 is 11.3 Å². The van der Waals surface area contributed by atoms with Crippen LogP contribution in [-0.4, -0.2) is 10.1 Å². The number of phenolic OH excluding ortho intramolecular Hbond substituents is 1. The largest absolute Gasteiger partial charge is 0.508 e. The van der Waals surface area contributed by atoms with Crippen LogP contribution in [0.15, 0.2) is 72.2 Å². The Labute approximate surface area is 150 Å². The lowest BCUT2D eigenvalue weighted by Crippen LogP contribution is -2.13. The van der Waals surface area contributed by atoms with Crippen molar-refractivity contribution in [2.75, 3.05) is 5.32 Å². The van der Waals surface area contributed by atoms with E-state index in [0.717, 1.165) is 27.0 Å². The molecule has 0 aliphatic carbocycles. The molecule has 0 saturated carbocycles. The van der Waals surface area contributed by atoms with Crippen molar-refractivity contribution in [3.8, 4) is 5.75 Å². The Morgan fingerprint density at radius 1 is 1.00 bits per heavy atom. The molecule has 1 heterocycles. The highest BCUT2D eigenvalue weighted by Gasteiger charge is 2.21. The van der Waals surface area contributed by atoms with E-state index in [4.69, 9.17) is 0 Å². The number of nitrogens with zero attached hydrogens (tertiary/aromatic N) is 1. The fourth-order valence-electron chi connectivity index (χ4n) is 3.09. The number of aryl methyl sites for hydroxylation is 1. The molecule has 0 bridgehead atoms. The van der Waals surface area contributed by atoms with E-state index in [1.54, 1.807) is 23.6 Å². The van der Waals surface area contributed by atoms with Crippen molar-refractivity contribution < 1.29 is 5.11 Å². The van der Waals surface area contributed by atoms with Crippen LogP contribution in [-0.2, 0) is 0 Å². The smallest absolute Gasteiger partial charge is 0.183 e. The van der Waals surface area contributed by atoms with Gasteiger partial charge in [0, 0.05) is 17.1 Å². The number of nitrogens with one attached hydrogen (secondary N) is 1. The van der Waals surface area contributed by atoms with Gasteiger partial charge in [-0.3, -0.25) is 0 Å². The van der Waals surface area contributed by atoms with E-state index < -0.39 is 0 Å². The molecule has 3 aromatic carbocycles. The van der Waals surface area contributed by atoms with Gasteiger partial charge < -0.3 is 10.4 Å². The Kier molecular flexibility index (Phi) is 4.12. The summed E-state index contributed by atoms with van der Waals surface area (Å²) < 4.78 is 0. The predicted octanol–water partition coefficient (Wildman–Crippen LogP) is 5.51. The van der Waals surface area contributed by atoms with Gasteiger partial charge in [0.2, 0.25) is 0 Å². The number of rotatable bonds is 4. The number of phenols is 1. The molecule has 0 radical (unpaired) electrons. The first-order chi connectivity index (χ1) is 12.2. The number of anilines is 1. The van der Waals surface area contributed by atoms with Crippen LogP contribution < -0.4 is 5.32 Å². The Morgan fingerprint density at radius 3 is 2.56 bits per heavy atom. The summed E-state index contributed by atoms with van der Waals surface area (Å²) in [6.07, 6.45) is 1.78. The lowest BCUT2D eigenvalue weighted by Gasteiger charge is -2.22. The Morgan fingerprint density at radius 2 is 1.80 bits per heavy atom. The van der Waals surface area contributed by atoms with Crippen molar-refractivity contribution in [3.05, 3.63) is 88.9 Å². The fraction of sp³-hybridized carbons (Fsp3) is 0.0952. The molecule has 1 aromatic heterocycles. The zero-order valence-electron chi connectivity index (χ0n) is 13.8. The predicted molar refractivity (Wildman–Crippen MR) is 104 cm³/mol. The van der Waals surface area contributed by atoms with E-state index in [-0.39, 0.29) is 11.8 Å². The summed E-state index contributed by atoms with van der Waals surface area (Å²) >= 11 is 1.55. The van der Waals surface area contributed by atoms with Gasteiger partial charge in [-0.25, -0.2) is 4.98 Å². The van der Waals surface area contributed by atoms with Gasteiger partial charge in [-0.1, -0.05) is 60.2 Å². The monoisotopic (exact) mass is 346 g/mol. The van der Waals surface area contributed by atoms with Crippen LogP contribution in [0.5, 0.6) is 5.75 Å². The molecule has 25 heavy (non-hydrogen) atoms. The van der Waals surface area contributed by atoms with Crippen LogP contribution in [0.25, 0.3) is 10.8 Å². The van der Waals surface area contributed by atoms with Crippen molar-refractivity contribution in [1.29, 1.82) is 0 Å². The quantitative estimate of drug-likeness (QED) is 0.512. The third-order valence-corrected chi connectivity index (χ3v) is 5.05. The summed E-state index contributed by atoms with van der Waals surface area (Å²) in [4.78, 5) is 4.36. The van der Waals surface area contributed by atoms with E-state index in [2.05, 4.69) is 53.6 Å². The van der Waals surface area contributed by atoms with Crippen molar-refractivity contribution in [3.63, 3.8) is 0 Å². The number of benzene rings is 3. The number of fused-ring (bicyclic) bond motifs is 1. The van der Waals surface area contributed by atoms with Crippen molar-refractivity contribution in [1.82, 2.24) is 4.98 Å². The first kappa shape index (κ1) is 15.7. The van der Waals surface area contributed by atoms with Gasteiger partial charge in [0.15, 0.2) is 5.13 Å². The maximum Gasteiger partial charge on any atom is 0.183 e. The van der Waals surface area contributed by atoms with Crippen molar-refractivity contribution >= 4 is 27.2 Å². The van der Waals surface area contributed by atoms with E-state index in [1.807, 2.05) is 23.6 Å². The molecule has 0 aliphatic rings. The summed E-state index contributed by atoms with van der Waals surface area (Å²) in [6.45, 7) is 2.07. The molecule has 1 atom stereocenters. The van der Waals surface area contributed by atoms with Crippen molar-refractivity contribution in [2.24, 2.45) is 0 Å². The third kappa shape index (κ3) is 3.08. The SMILES string of the molecule is Cc1ccc(C(Nc2nccs2)c2c(O)ccc3ccccc23)cc1. The standard InChI is InChI=1S/C21H18N2OS/c1-14-6-8-16(9-7-14)20(23-21-22-12-13-25-21)19-17-5-3-2-4-15(17)10-11-18(19)24/h2-13,20,24H,1H3,(H,22,23). The van der Waals surface area contributed by atoms with Gasteiger partial charge in [-0.15, -0.1) is 11.3 Å². The molecule has 3 nitrogen and oxygen atoms in total. The zero-order chi connectivity index (χ0) is 17.2. The van der Waals surface area contributed by atoms with Gasteiger partial charge in [-0.05, 0) is 29.3 Å². The lowest BCUT2D eigenvalue weighted by molar-refractivity contribution is 0.468. The molecule has 124 valence electrons. The van der Waals surface area contributed by atoms with Crippen LogP contribution in [0.2, 0.25) is 0 Å². The minimum absolute atomic E-state index is 0.183. The molecule has 0 spiro atoms. The van der Waals surface area contributed by atoms with E-state index in [0.29, 0.717) is 0 Å². The molecule has 1 unspecified atom stereocenters. The molecule has 4 aromatic rings. The second-order valence-electron chi connectivity index (χ2n) is 6.04. The number of aromatic nitrogens is 1.